The van der Waals surface area contributed by atoms with Gasteiger partial charge in [-0.2, -0.15) is 0 Å². The molecule has 0 saturated carbocycles. The lowest BCUT2D eigenvalue weighted by molar-refractivity contribution is -0.274. The number of ether oxygens (including phenoxy) is 1. The van der Waals surface area contributed by atoms with Gasteiger partial charge in [0.2, 0.25) is 0 Å². The van der Waals surface area contributed by atoms with Crippen LogP contribution in [0.15, 0.2) is 81.6 Å². The minimum atomic E-state index is -4.74. The summed E-state index contributed by atoms with van der Waals surface area (Å²) in [5.74, 6) is 0.793. The van der Waals surface area contributed by atoms with Gasteiger partial charge in [-0.05, 0) is 53.4 Å². The molecule has 34 heavy (non-hydrogen) atoms. The van der Waals surface area contributed by atoms with Crippen molar-refractivity contribution in [2.75, 3.05) is 5.32 Å². The summed E-state index contributed by atoms with van der Waals surface area (Å²) in [4.78, 5) is 6.26. The highest BCUT2D eigenvalue weighted by Crippen LogP contribution is 2.38. The fraction of sp³-hybridized carbons (Fsp3) is 0.0870. The zero-order valence-electron chi connectivity index (χ0n) is 17.2. The fourth-order valence-electron chi connectivity index (χ4n) is 3.23. The number of aromatic nitrogens is 3. The van der Waals surface area contributed by atoms with E-state index in [9.17, 15) is 13.2 Å². The van der Waals surface area contributed by atoms with Crippen molar-refractivity contribution in [1.29, 1.82) is 0 Å². The summed E-state index contributed by atoms with van der Waals surface area (Å²) in [6, 6.07) is 17.4. The first-order valence-corrected chi connectivity index (χ1v) is 11.8. The molecule has 0 aliphatic heterocycles. The van der Waals surface area contributed by atoms with E-state index in [4.69, 9.17) is 4.42 Å². The maximum absolute atomic E-state index is 12.3. The predicted octanol–water partition coefficient (Wildman–Crippen LogP) is 7.28. The van der Waals surface area contributed by atoms with Gasteiger partial charge in [0, 0.05) is 27.9 Å². The summed E-state index contributed by atoms with van der Waals surface area (Å²) < 4.78 is 46.5. The largest absolute Gasteiger partial charge is 0.573 e. The Morgan fingerprint density at radius 1 is 1.00 bits per heavy atom. The molecule has 11 heteroatoms. The topological polar surface area (TPSA) is 73.1 Å². The Morgan fingerprint density at radius 3 is 2.65 bits per heavy atom. The number of thiophene rings is 1. The number of thioether (sulfide) groups is 1. The number of para-hydroxylation sites is 1. The van der Waals surface area contributed by atoms with Gasteiger partial charge in [-0.25, -0.2) is 0 Å². The second-order valence-corrected chi connectivity index (χ2v) is 8.93. The van der Waals surface area contributed by atoms with Crippen molar-refractivity contribution in [3.63, 3.8) is 0 Å². The van der Waals surface area contributed by atoms with Crippen LogP contribution in [0, 0.1) is 0 Å². The Morgan fingerprint density at radius 2 is 1.82 bits per heavy atom. The van der Waals surface area contributed by atoms with Crippen LogP contribution >= 0.6 is 23.1 Å². The molecule has 5 aromatic rings. The first kappa shape index (κ1) is 22.2. The van der Waals surface area contributed by atoms with Gasteiger partial charge in [-0.1, -0.05) is 23.3 Å². The smallest absolute Gasteiger partial charge is 0.406 e. The number of nitrogens with zero attached hydrogens (tertiary/aromatic N) is 3. The number of rotatable bonds is 7. The van der Waals surface area contributed by atoms with Crippen molar-refractivity contribution >= 4 is 45.7 Å². The van der Waals surface area contributed by atoms with E-state index in [1.165, 1.54) is 41.2 Å². The van der Waals surface area contributed by atoms with Gasteiger partial charge in [0.25, 0.3) is 5.89 Å². The van der Waals surface area contributed by atoms with Crippen molar-refractivity contribution in [2.24, 2.45) is 0 Å². The van der Waals surface area contributed by atoms with Crippen LogP contribution in [0.2, 0.25) is 0 Å². The molecule has 172 valence electrons. The molecule has 0 unspecified atom stereocenters. The normalized spacial score (nSPS) is 11.6. The van der Waals surface area contributed by atoms with E-state index < -0.39 is 6.36 Å². The van der Waals surface area contributed by atoms with Crippen LogP contribution in [0.3, 0.4) is 0 Å². The molecule has 0 fully saturated rings. The van der Waals surface area contributed by atoms with E-state index in [0.29, 0.717) is 11.6 Å². The summed E-state index contributed by atoms with van der Waals surface area (Å²) in [5, 5.41) is 14.1. The van der Waals surface area contributed by atoms with Crippen LogP contribution in [0.25, 0.3) is 21.7 Å². The second kappa shape index (κ2) is 9.35. The highest BCUT2D eigenvalue weighted by Gasteiger charge is 2.31. The molecule has 0 bridgehead atoms. The summed E-state index contributed by atoms with van der Waals surface area (Å²) in [6.07, 6.45) is -2.93. The number of hydrogen-bond acceptors (Lipinski definition) is 8. The molecule has 2 aromatic carbocycles. The van der Waals surface area contributed by atoms with Gasteiger partial charge in [-0.3, -0.25) is 4.98 Å². The Balaban J connectivity index is 1.28. The van der Waals surface area contributed by atoms with Crippen LogP contribution in [0.4, 0.5) is 24.9 Å². The number of anilines is 2. The number of benzene rings is 2. The lowest BCUT2D eigenvalue weighted by Gasteiger charge is -2.09. The molecule has 0 amide bonds. The number of fused-ring (bicyclic) bond motifs is 1. The number of alkyl halides is 3. The zero-order valence-corrected chi connectivity index (χ0v) is 18.9. The molecular weight excluding hydrogens is 485 g/mol. The Kier molecular flexibility index (Phi) is 6.12. The van der Waals surface area contributed by atoms with Crippen LogP contribution in [0.5, 0.6) is 5.75 Å². The third-order valence-electron chi connectivity index (χ3n) is 4.71. The number of pyridine rings is 1. The van der Waals surface area contributed by atoms with E-state index in [-0.39, 0.29) is 11.8 Å². The molecule has 0 atom stereocenters. The molecule has 0 aliphatic carbocycles. The maximum atomic E-state index is 12.3. The quantitative estimate of drug-likeness (QED) is 0.235. The average Bonchev–Trinajstić information content (AvgIpc) is 3.47. The van der Waals surface area contributed by atoms with Gasteiger partial charge in [0.1, 0.15) is 10.6 Å². The second-order valence-electron chi connectivity index (χ2n) is 7.00. The maximum Gasteiger partial charge on any atom is 0.573 e. The van der Waals surface area contributed by atoms with E-state index in [1.807, 2.05) is 41.9 Å². The van der Waals surface area contributed by atoms with Gasteiger partial charge >= 0.3 is 12.4 Å². The Labute approximate surface area is 199 Å². The molecule has 1 N–H and O–H groups in total. The third kappa shape index (κ3) is 5.15. The molecule has 0 spiro atoms. The third-order valence-corrected chi connectivity index (χ3v) is 6.85. The molecule has 0 saturated heterocycles. The number of nitrogens with one attached hydrogen (secondary N) is 1. The molecule has 3 aromatic heterocycles. The molecular formula is C23H15F3N4O2S2. The SMILES string of the molecule is FC(F)(F)Oc1ccc(Nc2nnc(-c3sccc3SCc3ccnc4ccccc34)o2)cc1. The summed E-state index contributed by atoms with van der Waals surface area (Å²) in [7, 11) is 0. The average molecular weight is 501 g/mol. The molecule has 3 heterocycles. The van der Waals surface area contributed by atoms with Crippen molar-refractivity contribution in [3.8, 4) is 16.5 Å². The summed E-state index contributed by atoms with van der Waals surface area (Å²) in [5.41, 5.74) is 2.62. The zero-order chi connectivity index (χ0) is 23.5. The molecule has 5 rings (SSSR count). The van der Waals surface area contributed by atoms with E-state index in [2.05, 4.69) is 31.3 Å². The molecule has 0 radical (unpaired) electrons. The molecule has 0 aliphatic rings. The van der Waals surface area contributed by atoms with Gasteiger partial charge in [-0.15, -0.1) is 41.4 Å². The van der Waals surface area contributed by atoms with E-state index in [0.717, 1.165) is 26.4 Å². The van der Waals surface area contributed by atoms with Crippen molar-refractivity contribution < 1.29 is 22.3 Å². The van der Waals surface area contributed by atoms with Crippen LogP contribution in [-0.4, -0.2) is 21.5 Å². The van der Waals surface area contributed by atoms with E-state index in [1.54, 1.807) is 11.8 Å². The summed E-state index contributed by atoms with van der Waals surface area (Å²) >= 11 is 3.15. The first-order valence-electron chi connectivity index (χ1n) is 9.94. The standard InChI is InChI=1S/C23H15F3N4O2S2/c24-23(25,26)32-16-7-5-15(6-8-16)28-22-30-29-21(31-22)20-19(10-12-33-20)34-13-14-9-11-27-18-4-2-1-3-17(14)18/h1-12H,13H2,(H,28,30). The lowest BCUT2D eigenvalue weighted by Crippen LogP contribution is -2.16. The lowest BCUT2D eigenvalue weighted by atomic mass is 10.1. The van der Waals surface area contributed by atoms with Crippen LogP contribution in [0.1, 0.15) is 5.56 Å². The van der Waals surface area contributed by atoms with Crippen molar-refractivity contribution in [3.05, 3.63) is 77.8 Å². The van der Waals surface area contributed by atoms with Crippen molar-refractivity contribution in [1.82, 2.24) is 15.2 Å². The highest BCUT2D eigenvalue weighted by atomic mass is 32.2. The first-order chi connectivity index (χ1) is 16.4. The van der Waals surface area contributed by atoms with Gasteiger partial charge < -0.3 is 14.5 Å². The van der Waals surface area contributed by atoms with Crippen LogP contribution in [-0.2, 0) is 5.75 Å². The van der Waals surface area contributed by atoms with Crippen molar-refractivity contribution in [2.45, 2.75) is 17.0 Å². The Hall–Kier alpha value is -3.57. The molecule has 6 nitrogen and oxygen atoms in total. The number of hydrogen-bond donors (Lipinski definition) is 1. The highest BCUT2D eigenvalue weighted by molar-refractivity contribution is 7.98. The van der Waals surface area contributed by atoms with Gasteiger partial charge in [0.15, 0.2) is 0 Å². The van der Waals surface area contributed by atoms with Gasteiger partial charge in [0.05, 0.1) is 5.52 Å². The van der Waals surface area contributed by atoms with E-state index >= 15 is 0 Å². The fourth-order valence-corrected chi connectivity index (χ4v) is 5.29. The monoisotopic (exact) mass is 500 g/mol. The summed E-state index contributed by atoms with van der Waals surface area (Å²) in [6.45, 7) is 0. The number of halogens is 3. The predicted molar refractivity (Wildman–Crippen MR) is 125 cm³/mol. The van der Waals surface area contributed by atoms with Crippen LogP contribution < -0.4 is 10.1 Å². The minimum absolute atomic E-state index is 0.129. The Bertz CT molecular complexity index is 1410. The minimum Gasteiger partial charge on any atom is -0.406 e.